The summed E-state index contributed by atoms with van der Waals surface area (Å²) in [6.45, 7) is 4.64. The first-order valence-electron chi connectivity index (χ1n) is 7.85. The van der Waals surface area contributed by atoms with E-state index in [4.69, 9.17) is 9.47 Å². The van der Waals surface area contributed by atoms with Gasteiger partial charge >= 0.3 is 0 Å². The average molecular weight is 323 g/mol. The van der Waals surface area contributed by atoms with Crippen molar-refractivity contribution in [3.05, 3.63) is 54.9 Å². The molecule has 0 aliphatic heterocycles. The van der Waals surface area contributed by atoms with Gasteiger partial charge in [-0.25, -0.2) is 9.97 Å². The van der Waals surface area contributed by atoms with Crippen molar-refractivity contribution in [3.63, 3.8) is 0 Å². The van der Waals surface area contributed by atoms with Gasteiger partial charge in [0.1, 0.15) is 17.7 Å². The van der Waals surface area contributed by atoms with Gasteiger partial charge in [-0.3, -0.25) is 0 Å². The molecule has 5 nitrogen and oxygen atoms in total. The standard InChI is InChI=1S/C19H21N3O2/c1-19(2,24-17-11-7-6-10-16(17)23-3)12-20-18-14-8-4-5-9-15(14)21-13-22-18/h4-11,13H,12H2,1-3H3,(H,20,21,22). The number of nitrogens with zero attached hydrogens (tertiary/aromatic N) is 2. The van der Waals surface area contributed by atoms with Crippen LogP contribution in [0.5, 0.6) is 11.5 Å². The van der Waals surface area contributed by atoms with Gasteiger partial charge in [0.25, 0.3) is 0 Å². The van der Waals surface area contributed by atoms with E-state index in [1.54, 1.807) is 13.4 Å². The number of anilines is 1. The minimum atomic E-state index is -0.444. The van der Waals surface area contributed by atoms with Gasteiger partial charge in [-0.15, -0.1) is 0 Å². The molecule has 0 aliphatic rings. The normalized spacial score (nSPS) is 11.3. The Balaban J connectivity index is 1.75. The van der Waals surface area contributed by atoms with Crippen LogP contribution in [0.2, 0.25) is 0 Å². The van der Waals surface area contributed by atoms with Gasteiger partial charge in [0.2, 0.25) is 0 Å². The molecule has 0 unspecified atom stereocenters. The first kappa shape index (κ1) is 16.1. The first-order valence-corrected chi connectivity index (χ1v) is 7.85. The highest BCUT2D eigenvalue weighted by Gasteiger charge is 2.22. The van der Waals surface area contributed by atoms with E-state index < -0.39 is 5.60 Å². The molecule has 0 saturated carbocycles. The van der Waals surface area contributed by atoms with Crippen molar-refractivity contribution in [2.24, 2.45) is 0 Å². The van der Waals surface area contributed by atoms with Crippen LogP contribution in [0.15, 0.2) is 54.9 Å². The number of hydrogen-bond acceptors (Lipinski definition) is 5. The Kier molecular flexibility index (Phi) is 4.51. The number of rotatable bonds is 6. The molecule has 0 fully saturated rings. The zero-order chi connectivity index (χ0) is 17.0. The van der Waals surface area contributed by atoms with Gasteiger partial charge < -0.3 is 14.8 Å². The van der Waals surface area contributed by atoms with Crippen molar-refractivity contribution in [2.75, 3.05) is 19.0 Å². The Labute approximate surface area is 141 Å². The number of fused-ring (bicyclic) bond motifs is 1. The van der Waals surface area contributed by atoms with E-state index >= 15 is 0 Å². The molecule has 0 spiro atoms. The van der Waals surface area contributed by atoms with E-state index in [1.165, 1.54) is 0 Å². The van der Waals surface area contributed by atoms with Crippen molar-refractivity contribution in [3.8, 4) is 11.5 Å². The molecule has 3 rings (SSSR count). The summed E-state index contributed by atoms with van der Waals surface area (Å²) >= 11 is 0. The van der Waals surface area contributed by atoms with Crippen molar-refractivity contribution in [2.45, 2.75) is 19.4 Å². The Morgan fingerprint density at radius 2 is 1.67 bits per heavy atom. The van der Waals surface area contributed by atoms with Gasteiger partial charge in [-0.2, -0.15) is 0 Å². The molecular formula is C19H21N3O2. The summed E-state index contributed by atoms with van der Waals surface area (Å²) < 4.78 is 11.5. The van der Waals surface area contributed by atoms with Crippen LogP contribution >= 0.6 is 0 Å². The van der Waals surface area contributed by atoms with E-state index in [0.29, 0.717) is 6.54 Å². The summed E-state index contributed by atoms with van der Waals surface area (Å²) in [5, 5.41) is 4.36. The van der Waals surface area contributed by atoms with Gasteiger partial charge in [-0.1, -0.05) is 24.3 Å². The summed E-state index contributed by atoms with van der Waals surface area (Å²) in [5.74, 6) is 2.25. The first-order chi connectivity index (χ1) is 11.6. The van der Waals surface area contributed by atoms with Crippen LogP contribution in [0, 0.1) is 0 Å². The van der Waals surface area contributed by atoms with E-state index in [-0.39, 0.29) is 0 Å². The summed E-state index contributed by atoms with van der Waals surface area (Å²) in [7, 11) is 1.64. The second kappa shape index (κ2) is 6.74. The van der Waals surface area contributed by atoms with Gasteiger partial charge in [0, 0.05) is 5.39 Å². The van der Waals surface area contributed by atoms with E-state index in [0.717, 1.165) is 28.2 Å². The van der Waals surface area contributed by atoms with Crippen molar-refractivity contribution < 1.29 is 9.47 Å². The van der Waals surface area contributed by atoms with Crippen LogP contribution in [-0.2, 0) is 0 Å². The van der Waals surface area contributed by atoms with Crippen molar-refractivity contribution >= 4 is 16.7 Å². The molecule has 3 aromatic rings. The largest absolute Gasteiger partial charge is 0.493 e. The molecule has 0 radical (unpaired) electrons. The van der Waals surface area contributed by atoms with Gasteiger partial charge in [-0.05, 0) is 38.1 Å². The third-order valence-corrected chi connectivity index (χ3v) is 3.68. The summed E-state index contributed by atoms with van der Waals surface area (Å²) in [6, 6.07) is 15.6. The average Bonchev–Trinajstić information content (AvgIpc) is 2.60. The maximum absolute atomic E-state index is 6.13. The number of nitrogens with one attached hydrogen (secondary N) is 1. The minimum Gasteiger partial charge on any atom is -0.493 e. The molecule has 5 heteroatoms. The van der Waals surface area contributed by atoms with Crippen LogP contribution in [-0.4, -0.2) is 29.2 Å². The molecule has 0 amide bonds. The molecule has 1 aromatic heterocycles. The van der Waals surface area contributed by atoms with Crippen LogP contribution in [0.3, 0.4) is 0 Å². The SMILES string of the molecule is COc1ccccc1OC(C)(C)CNc1ncnc2ccccc12. The Morgan fingerprint density at radius 3 is 2.46 bits per heavy atom. The molecule has 0 bridgehead atoms. The maximum Gasteiger partial charge on any atom is 0.162 e. The molecule has 0 atom stereocenters. The third kappa shape index (κ3) is 3.56. The Hall–Kier alpha value is -2.82. The molecule has 0 aliphatic carbocycles. The fourth-order valence-corrected chi connectivity index (χ4v) is 2.48. The quantitative estimate of drug-likeness (QED) is 0.745. The zero-order valence-corrected chi connectivity index (χ0v) is 14.1. The fraction of sp³-hybridized carbons (Fsp3) is 0.263. The number of para-hydroxylation sites is 3. The number of hydrogen-bond donors (Lipinski definition) is 1. The minimum absolute atomic E-state index is 0.444. The predicted octanol–water partition coefficient (Wildman–Crippen LogP) is 3.91. The maximum atomic E-state index is 6.13. The summed E-state index contributed by atoms with van der Waals surface area (Å²) in [4.78, 5) is 8.63. The molecule has 2 aromatic carbocycles. The van der Waals surface area contributed by atoms with Crippen LogP contribution < -0.4 is 14.8 Å². The predicted molar refractivity (Wildman–Crippen MR) is 95.7 cm³/mol. The Morgan fingerprint density at radius 1 is 0.958 bits per heavy atom. The number of ether oxygens (including phenoxy) is 2. The number of methoxy groups -OCH3 is 1. The second-order valence-electron chi connectivity index (χ2n) is 6.11. The smallest absolute Gasteiger partial charge is 0.162 e. The lowest BCUT2D eigenvalue weighted by molar-refractivity contribution is 0.118. The monoisotopic (exact) mass is 323 g/mol. The molecule has 1 N–H and O–H groups in total. The number of benzene rings is 2. The molecular weight excluding hydrogens is 302 g/mol. The van der Waals surface area contributed by atoms with E-state index in [2.05, 4.69) is 15.3 Å². The van der Waals surface area contributed by atoms with E-state index in [1.807, 2.05) is 62.4 Å². The summed E-state index contributed by atoms with van der Waals surface area (Å²) in [5.41, 5.74) is 0.471. The second-order valence-corrected chi connectivity index (χ2v) is 6.11. The lowest BCUT2D eigenvalue weighted by Crippen LogP contribution is -2.36. The van der Waals surface area contributed by atoms with Gasteiger partial charge in [0.05, 0.1) is 19.2 Å². The topological polar surface area (TPSA) is 56.3 Å². The molecule has 124 valence electrons. The lowest BCUT2D eigenvalue weighted by atomic mass is 10.1. The Bertz CT molecular complexity index is 828. The van der Waals surface area contributed by atoms with Crippen LogP contribution in [0.25, 0.3) is 10.9 Å². The van der Waals surface area contributed by atoms with Gasteiger partial charge in [0.15, 0.2) is 11.5 Å². The number of aromatic nitrogens is 2. The molecule has 1 heterocycles. The highest BCUT2D eigenvalue weighted by Crippen LogP contribution is 2.29. The van der Waals surface area contributed by atoms with Crippen LogP contribution in [0.4, 0.5) is 5.82 Å². The zero-order valence-electron chi connectivity index (χ0n) is 14.1. The fourth-order valence-electron chi connectivity index (χ4n) is 2.48. The molecule has 24 heavy (non-hydrogen) atoms. The molecule has 0 saturated heterocycles. The summed E-state index contributed by atoms with van der Waals surface area (Å²) in [6.07, 6.45) is 1.57. The van der Waals surface area contributed by atoms with Crippen molar-refractivity contribution in [1.29, 1.82) is 0 Å². The van der Waals surface area contributed by atoms with Crippen molar-refractivity contribution in [1.82, 2.24) is 9.97 Å². The lowest BCUT2D eigenvalue weighted by Gasteiger charge is -2.28. The highest BCUT2D eigenvalue weighted by molar-refractivity contribution is 5.88. The van der Waals surface area contributed by atoms with Crippen LogP contribution in [0.1, 0.15) is 13.8 Å². The highest BCUT2D eigenvalue weighted by atomic mass is 16.5. The third-order valence-electron chi connectivity index (χ3n) is 3.68. The van der Waals surface area contributed by atoms with E-state index in [9.17, 15) is 0 Å².